The van der Waals surface area contributed by atoms with Gasteiger partial charge in [0.25, 0.3) is 0 Å². The molecule has 0 fully saturated rings. The highest BCUT2D eigenvalue weighted by atomic mass is 32.1. The third-order valence-electron chi connectivity index (χ3n) is 2.83. The first-order chi connectivity index (χ1) is 9.28. The van der Waals surface area contributed by atoms with Crippen LogP contribution in [0.1, 0.15) is 10.4 Å². The molecule has 100 valence electrons. The Morgan fingerprint density at radius 1 is 1.21 bits per heavy atom. The van der Waals surface area contributed by atoms with Gasteiger partial charge in [0, 0.05) is 4.88 Å². The highest BCUT2D eigenvalue weighted by molar-refractivity contribution is 7.10. The summed E-state index contributed by atoms with van der Waals surface area (Å²) >= 11 is 1.57. The predicted octanol–water partition coefficient (Wildman–Crippen LogP) is 2.01. The van der Waals surface area contributed by atoms with E-state index in [4.69, 9.17) is 0 Å². The lowest BCUT2D eigenvalue weighted by Crippen LogP contribution is -2.39. The van der Waals surface area contributed by atoms with E-state index in [1.807, 2.05) is 47.8 Å². The SMILES string of the molecule is O=C(Cc1cccs1)N[C@@H](CO)Cc1ccccc1. The topological polar surface area (TPSA) is 49.3 Å². The Balaban J connectivity index is 1.86. The first-order valence-electron chi connectivity index (χ1n) is 6.24. The van der Waals surface area contributed by atoms with Crippen LogP contribution in [0.15, 0.2) is 47.8 Å². The minimum atomic E-state index is -0.227. The number of hydrogen-bond acceptors (Lipinski definition) is 3. The van der Waals surface area contributed by atoms with Gasteiger partial charge in [0.15, 0.2) is 0 Å². The van der Waals surface area contributed by atoms with Crippen LogP contribution in [0.2, 0.25) is 0 Å². The zero-order valence-corrected chi connectivity index (χ0v) is 11.4. The van der Waals surface area contributed by atoms with Crippen LogP contribution >= 0.6 is 11.3 Å². The fraction of sp³-hybridized carbons (Fsp3) is 0.267. The molecule has 1 heterocycles. The van der Waals surface area contributed by atoms with E-state index in [1.54, 1.807) is 11.3 Å². The largest absolute Gasteiger partial charge is 0.394 e. The van der Waals surface area contributed by atoms with Crippen molar-refractivity contribution in [2.75, 3.05) is 6.61 Å². The second-order valence-corrected chi connectivity index (χ2v) is 5.43. The second-order valence-electron chi connectivity index (χ2n) is 4.39. The van der Waals surface area contributed by atoms with Crippen molar-refractivity contribution in [2.45, 2.75) is 18.9 Å². The van der Waals surface area contributed by atoms with Crippen LogP contribution < -0.4 is 5.32 Å². The molecule has 0 aliphatic heterocycles. The quantitative estimate of drug-likeness (QED) is 0.847. The average Bonchev–Trinajstić information content (AvgIpc) is 2.92. The summed E-state index contributed by atoms with van der Waals surface area (Å²) in [6.45, 7) is -0.0505. The van der Waals surface area contributed by atoms with Gasteiger partial charge in [0.2, 0.25) is 5.91 Å². The summed E-state index contributed by atoms with van der Waals surface area (Å²) in [6.07, 6.45) is 1.02. The molecule has 19 heavy (non-hydrogen) atoms. The van der Waals surface area contributed by atoms with Gasteiger partial charge in [-0.1, -0.05) is 36.4 Å². The summed E-state index contributed by atoms with van der Waals surface area (Å²) in [5.41, 5.74) is 1.11. The smallest absolute Gasteiger partial charge is 0.225 e. The van der Waals surface area contributed by atoms with Crippen LogP contribution in [0, 0.1) is 0 Å². The highest BCUT2D eigenvalue weighted by Crippen LogP contribution is 2.09. The lowest BCUT2D eigenvalue weighted by atomic mass is 10.1. The lowest BCUT2D eigenvalue weighted by Gasteiger charge is -2.16. The van der Waals surface area contributed by atoms with E-state index in [1.165, 1.54) is 0 Å². The van der Waals surface area contributed by atoms with Crippen LogP contribution in [0.3, 0.4) is 0 Å². The number of hydrogen-bond donors (Lipinski definition) is 2. The van der Waals surface area contributed by atoms with Gasteiger partial charge in [-0.3, -0.25) is 4.79 Å². The van der Waals surface area contributed by atoms with Crippen molar-refractivity contribution in [3.63, 3.8) is 0 Å². The lowest BCUT2D eigenvalue weighted by molar-refractivity contribution is -0.121. The summed E-state index contributed by atoms with van der Waals surface area (Å²) in [7, 11) is 0. The van der Waals surface area contributed by atoms with E-state index in [0.717, 1.165) is 10.4 Å². The molecule has 0 saturated heterocycles. The summed E-state index contributed by atoms with van der Waals surface area (Å²) in [5, 5.41) is 14.2. The number of carbonyl (C=O) groups is 1. The second kappa shape index (κ2) is 7.07. The number of rotatable bonds is 6. The van der Waals surface area contributed by atoms with Crippen LogP contribution in [0.4, 0.5) is 0 Å². The third-order valence-corrected chi connectivity index (χ3v) is 3.70. The molecule has 0 radical (unpaired) electrons. The van der Waals surface area contributed by atoms with Crippen molar-refractivity contribution in [2.24, 2.45) is 0 Å². The molecule has 0 unspecified atom stereocenters. The van der Waals surface area contributed by atoms with Crippen LogP contribution in [-0.2, 0) is 17.6 Å². The molecule has 1 atom stereocenters. The molecule has 1 aromatic carbocycles. The van der Waals surface area contributed by atoms with E-state index in [2.05, 4.69) is 5.32 Å². The van der Waals surface area contributed by atoms with Crippen molar-refractivity contribution >= 4 is 17.2 Å². The fourth-order valence-corrected chi connectivity index (χ4v) is 2.61. The molecule has 0 spiro atoms. The monoisotopic (exact) mass is 275 g/mol. The minimum absolute atomic E-state index is 0.0440. The molecule has 0 aliphatic carbocycles. The van der Waals surface area contributed by atoms with Crippen LogP contribution in [0.25, 0.3) is 0 Å². The molecule has 0 saturated carbocycles. The molecular formula is C15H17NO2S. The maximum Gasteiger partial charge on any atom is 0.225 e. The average molecular weight is 275 g/mol. The normalized spacial score (nSPS) is 12.1. The van der Waals surface area contributed by atoms with Gasteiger partial charge < -0.3 is 10.4 Å². The number of carbonyl (C=O) groups excluding carboxylic acids is 1. The number of thiophene rings is 1. The Hall–Kier alpha value is -1.65. The van der Waals surface area contributed by atoms with Gasteiger partial charge in [-0.2, -0.15) is 0 Å². The molecule has 2 aromatic rings. The number of nitrogens with one attached hydrogen (secondary N) is 1. The first-order valence-corrected chi connectivity index (χ1v) is 7.12. The Morgan fingerprint density at radius 2 is 2.00 bits per heavy atom. The standard InChI is InChI=1S/C15H17NO2S/c17-11-13(9-12-5-2-1-3-6-12)16-15(18)10-14-7-4-8-19-14/h1-8,13,17H,9-11H2,(H,16,18)/t13-/m1/s1. The summed E-state index contributed by atoms with van der Waals surface area (Å²) < 4.78 is 0. The number of amides is 1. The van der Waals surface area contributed by atoms with Crippen molar-refractivity contribution in [1.29, 1.82) is 0 Å². The zero-order valence-electron chi connectivity index (χ0n) is 10.6. The minimum Gasteiger partial charge on any atom is -0.394 e. The van der Waals surface area contributed by atoms with E-state index in [0.29, 0.717) is 12.8 Å². The predicted molar refractivity (Wildman–Crippen MR) is 77.2 cm³/mol. The first kappa shape index (κ1) is 13.8. The van der Waals surface area contributed by atoms with Crippen molar-refractivity contribution in [1.82, 2.24) is 5.32 Å². The van der Waals surface area contributed by atoms with Crippen molar-refractivity contribution in [3.8, 4) is 0 Å². The Bertz CT molecular complexity index is 496. The molecular weight excluding hydrogens is 258 g/mol. The van der Waals surface area contributed by atoms with Gasteiger partial charge in [-0.25, -0.2) is 0 Å². The Morgan fingerprint density at radius 3 is 2.63 bits per heavy atom. The van der Waals surface area contributed by atoms with Crippen LogP contribution in [0.5, 0.6) is 0 Å². The van der Waals surface area contributed by atoms with Crippen LogP contribution in [-0.4, -0.2) is 23.7 Å². The summed E-state index contributed by atoms with van der Waals surface area (Å²) in [6, 6.07) is 13.5. The summed E-state index contributed by atoms with van der Waals surface area (Å²) in [4.78, 5) is 12.9. The van der Waals surface area contributed by atoms with E-state index < -0.39 is 0 Å². The maximum atomic E-state index is 11.9. The van der Waals surface area contributed by atoms with E-state index >= 15 is 0 Å². The van der Waals surface area contributed by atoms with Crippen molar-refractivity contribution in [3.05, 3.63) is 58.3 Å². The van der Waals surface area contributed by atoms with E-state index in [-0.39, 0.29) is 18.6 Å². The maximum absolute atomic E-state index is 11.9. The van der Waals surface area contributed by atoms with Gasteiger partial charge in [-0.05, 0) is 23.4 Å². The molecule has 0 bridgehead atoms. The van der Waals surface area contributed by atoms with E-state index in [9.17, 15) is 9.90 Å². The highest BCUT2D eigenvalue weighted by Gasteiger charge is 2.12. The van der Waals surface area contributed by atoms with Gasteiger partial charge >= 0.3 is 0 Å². The number of aliphatic hydroxyl groups excluding tert-OH is 1. The third kappa shape index (κ3) is 4.50. The van der Waals surface area contributed by atoms with Gasteiger partial charge in [0.05, 0.1) is 19.1 Å². The molecule has 4 heteroatoms. The summed E-state index contributed by atoms with van der Waals surface area (Å²) in [5.74, 6) is -0.0440. The molecule has 0 aliphatic rings. The van der Waals surface area contributed by atoms with Gasteiger partial charge in [-0.15, -0.1) is 11.3 Å². The molecule has 2 N–H and O–H groups in total. The molecule has 2 rings (SSSR count). The Kier molecular flexibility index (Phi) is 5.12. The fourth-order valence-electron chi connectivity index (χ4n) is 1.91. The van der Waals surface area contributed by atoms with Crippen molar-refractivity contribution < 1.29 is 9.90 Å². The number of aliphatic hydroxyl groups is 1. The molecule has 1 aromatic heterocycles. The zero-order chi connectivity index (χ0) is 13.5. The molecule has 3 nitrogen and oxygen atoms in total. The van der Waals surface area contributed by atoms with Gasteiger partial charge in [0.1, 0.15) is 0 Å². The Labute approximate surface area is 116 Å². The number of benzene rings is 1. The molecule has 1 amide bonds.